The Balaban J connectivity index is 2.17. The molecule has 1 aliphatic rings. The highest BCUT2D eigenvalue weighted by Crippen LogP contribution is 2.28. The summed E-state index contributed by atoms with van der Waals surface area (Å²) in [7, 11) is 0. The predicted molar refractivity (Wildman–Crippen MR) is 79.4 cm³/mol. The molecule has 116 valence electrons. The van der Waals surface area contributed by atoms with Crippen LogP contribution in [0, 0.1) is 6.92 Å². The summed E-state index contributed by atoms with van der Waals surface area (Å²) < 4.78 is 4.99. The predicted octanol–water partition coefficient (Wildman–Crippen LogP) is 1.70. The molecule has 1 heterocycles. The van der Waals surface area contributed by atoms with Crippen LogP contribution in [0.25, 0.3) is 0 Å². The monoisotopic (exact) mass is 293 g/mol. The van der Waals surface area contributed by atoms with Gasteiger partial charge in [-0.3, -0.25) is 0 Å². The van der Waals surface area contributed by atoms with Gasteiger partial charge in [-0.05, 0) is 39.5 Å². The van der Waals surface area contributed by atoms with Crippen LogP contribution in [0.5, 0.6) is 0 Å². The molecule has 1 aliphatic carbocycles. The van der Waals surface area contributed by atoms with Gasteiger partial charge in [0.1, 0.15) is 0 Å². The first-order valence-corrected chi connectivity index (χ1v) is 7.55. The Morgan fingerprint density at radius 3 is 2.81 bits per heavy atom. The molecular weight excluding hydrogens is 270 g/mol. The van der Waals surface area contributed by atoms with Crippen molar-refractivity contribution in [3.63, 3.8) is 0 Å². The minimum absolute atomic E-state index is 0.156. The van der Waals surface area contributed by atoms with E-state index in [0.29, 0.717) is 36.3 Å². The SMILES string of the molecule is CCOC(=O)c1cnc(N(CCCO)C2CCC2)nc1C. The number of aliphatic hydroxyl groups is 1. The number of carbonyl (C=O) groups excluding carboxylic acids is 1. The second kappa shape index (κ2) is 7.36. The molecule has 1 N–H and O–H groups in total. The average Bonchev–Trinajstić information content (AvgIpc) is 2.41. The first-order chi connectivity index (χ1) is 10.2. The molecule has 21 heavy (non-hydrogen) atoms. The molecule has 0 spiro atoms. The van der Waals surface area contributed by atoms with Crippen LogP contribution in [0.1, 0.15) is 48.7 Å². The van der Waals surface area contributed by atoms with E-state index in [1.807, 2.05) is 0 Å². The number of anilines is 1. The number of hydrogen-bond acceptors (Lipinski definition) is 6. The maximum absolute atomic E-state index is 11.8. The van der Waals surface area contributed by atoms with Gasteiger partial charge in [-0.1, -0.05) is 0 Å². The molecular formula is C15H23N3O3. The van der Waals surface area contributed by atoms with E-state index in [1.165, 1.54) is 6.42 Å². The van der Waals surface area contributed by atoms with Crippen molar-refractivity contribution >= 4 is 11.9 Å². The first-order valence-electron chi connectivity index (χ1n) is 7.55. The lowest BCUT2D eigenvalue weighted by Crippen LogP contribution is -2.42. The number of aliphatic hydroxyl groups excluding tert-OH is 1. The minimum atomic E-state index is -0.382. The summed E-state index contributed by atoms with van der Waals surface area (Å²) in [6, 6.07) is 0.449. The fraction of sp³-hybridized carbons (Fsp3) is 0.667. The quantitative estimate of drug-likeness (QED) is 0.771. The van der Waals surface area contributed by atoms with Crippen molar-refractivity contribution in [2.75, 3.05) is 24.7 Å². The molecule has 6 heteroatoms. The van der Waals surface area contributed by atoms with E-state index in [-0.39, 0.29) is 12.6 Å². The first kappa shape index (κ1) is 15.7. The van der Waals surface area contributed by atoms with Gasteiger partial charge < -0.3 is 14.7 Å². The highest BCUT2D eigenvalue weighted by Gasteiger charge is 2.27. The van der Waals surface area contributed by atoms with Gasteiger partial charge in [0, 0.05) is 25.4 Å². The second-order valence-corrected chi connectivity index (χ2v) is 5.24. The largest absolute Gasteiger partial charge is 0.462 e. The summed E-state index contributed by atoms with van der Waals surface area (Å²) >= 11 is 0. The maximum atomic E-state index is 11.8. The van der Waals surface area contributed by atoms with Gasteiger partial charge in [0.15, 0.2) is 0 Å². The average molecular weight is 293 g/mol. The van der Waals surface area contributed by atoms with Crippen molar-refractivity contribution in [2.45, 2.75) is 45.6 Å². The fourth-order valence-corrected chi connectivity index (χ4v) is 2.39. The summed E-state index contributed by atoms with van der Waals surface area (Å²) in [5.41, 5.74) is 1.04. The number of rotatable bonds is 7. The van der Waals surface area contributed by atoms with Crippen LogP contribution in [0.3, 0.4) is 0 Å². The van der Waals surface area contributed by atoms with E-state index in [0.717, 1.165) is 19.4 Å². The molecule has 0 unspecified atom stereocenters. The molecule has 0 radical (unpaired) electrons. The lowest BCUT2D eigenvalue weighted by molar-refractivity contribution is 0.0524. The molecule has 1 saturated carbocycles. The third kappa shape index (κ3) is 3.69. The van der Waals surface area contributed by atoms with Crippen LogP contribution in [0.4, 0.5) is 5.95 Å². The zero-order valence-corrected chi connectivity index (χ0v) is 12.7. The molecule has 0 aliphatic heterocycles. The highest BCUT2D eigenvalue weighted by atomic mass is 16.5. The Bertz CT molecular complexity index is 489. The molecule has 0 aromatic carbocycles. The number of nitrogens with zero attached hydrogens (tertiary/aromatic N) is 3. The van der Waals surface area contributed by atoms with Gasteiger partial charge >= 0.3 is 5.97 Å². The molecule has 1 aromatic heterocycles. The smallest absolute Gasteiger partial charge is 0.341 e. The lowest BCUT2D eigenvalue weighted by atomic mass is 9.91. The van der Waals surface area contributed by atoms with E-state index in [1.54, 1.807) is 20.0 Å². The third-order valence-corrected chi connectivity index (χ3v) is 3.79. The van der Waals surface area contributed by atoms with Crippen LogP contribution in [-0.4, -0.2) is 46.8 Å². The van der Waals surface area contributed by atoms with Gasteiger partial charge in [-0.2, -0.15) is 0 Å². The Kier molecular flexibility index (Phi) is 5.50. The van der Waals surface area contributed by atoms with Gasteiger partial charge in [0.2, 0.25) is 5.95 Å². The van der Waals surface area contributed by atoms with E-state index in [4.69, 9.17) is 9.84 Å². The van der Waals surface area contributed by atoms with Crippen molar-refractivity contribution < 1.29 is 14.6 Å². The number of hydrogen-bond donors (Lipinski definition) is 1. The zero-order chi connectivity index (χ0) is 15.2. The van der Waals surface area contributed by atoms with E-state index in [9.17, 15) is 4.79 Å². The number of aromatic nitrogens is 2. The molecule has 0 atom stereocenters. The van der Waals surface area contributed by atoms with Crippen molar-refractivity contribution in [1.82, 2.24) is 9.97 Å². The standard InChI is InChI=1S/C15H23N3O3/c1-3-21-14(20)13-10-16-15(17-11(13)2)18(8-5-9-19)12-6-4-7-12/h10,12,19H,3-9H2,1-2H3. The fourth-order valence-electron chi connectivity index (χ4n) is 2.39. The summed E-state index contributed by atoms with van der Waals surface area (Å²) in [4.78, 5) is 22.7. The number of ether oxygens (including phenoxy) is 1. The van der Waals surface area contributed by atoms with Crippen molar-refractivity contribution in [2.24, 2.45) is 0 Å². The summed E-state index contributed by atoms with van der Waals surface area (Å²) in [5.74, 6) is 0.255. The van der Waals surface area contributed by atoms with Crippen LogP contribution in [0.2, 0.25) is 0 Å². The minimum Gasteiger partial charge on any atom is -0.462 e. The third-order valence-electron chi connectivity index (χ3n) is 3.79. The molecule has 1 fully saturated rings. The number of esters is 1. The van der Waals surface area contributed by atoms with Crippen molar-refractivity contribution in [1.29, 1.82) is 0 Å². The molecule has 6 nitrogen and oxygen atoms in total. The molecule has 2 rings (SSSR count). The molecule has 0 amide bonds. The van der Waals surface area contributed by atoms with E-state index < -0.39 is 0 Å². The summed E-state index contributed by atoms with van der Waals surface area (Å²) in [6.45, 7) is 4.80. The maximum Gasteiger partial charge on any atom is 0.341 e. The topological polar surface area (TPSA) is 75.5 Å². The zero-order valence-electron chi connectivity index (χ0n) is 12.7. The van der Waals surface area contributed by atoms with Crippen molar-refractivity contribution in [3.05, 3.63) is 17.5 Å². The Morgan fingerprint density at radius 1 is 1.52 bits per heavy atom. The van der Waals surface area contributed by atoms with Gasteiger partial charge in [0.05, 0.1) is 17.9 Å². The van der Waals surface area contributed by atoms with Crippen molar-refractivity contribution in [3.8, 4) is 0 Å². The Morgan fingerprint density at radius 2 is 2.29 bits per heavy atom. The number of carbonyl (C=O) groups is 1. The molecule has 0 saturated heterocycles. The van der Waals surface area contributed by atoms with E-state index in [2.05, 4.69) is 14.9 Å². The highest BCUT2D eigenvalue weighted by molar-refractivity contribution is 5.90. The van der Waals surface area contributed by atoms with Gasteiger partial charge in [0.25, 0.3) is 0 Å². The second-order valence-electron chi connectivity index (χ2n) is 5.24. The molecule has 1 aromatic rings. The Labute approximate surface area is 125 Å². The normalized spacial score (nSPS) is 14.6. The summed E-state index contributed by atoms with van der Waals surface area (Å²) in [6.07, 6.45) is 5.72. The Hall–Kier alpha value is -1.69. The van der Waals surface area contributed by atoms with E-state index >= 15 is 0 Å². The molecule has 0 bridgehead atoms. The van der Waals surface area contributed by atoms with Crippen LogP contribution in [-0.2, 0) is 4.74 Å². The van der Waals surface area contributed by atoms with Gasteiger partial charge in [-0.25, -0.2) is 14.8 Å². The van der Waals surface area contributed by atoms with Crippen LogP contribution < -0.4 is 4.90 Å². The lowest BCUT2D eigenvalue weighted by Gasteiger charge is -2.37. The number of aryl methyl sites for hydroxylation is 1. The van der Waals surface area contributed by atoms with Crippen LogP contribution in [0.15, 0.2) is 6.20 Å². The summed E-state index contributed by atoms with van der Waals surface area (Å²) in [5, 5.41) is 9.04. The van der Waals surface area contributed by atoms with Gasteiger partial charge in [-0.15, -0.1) is 0 Å². The van der Waals surface area contributed by atoms with Crippen LogP contribution >= 0.6 is 0 Å².